The molecule has 0 fully saturated rings. The molecule has 1 atom stereocenters. The SMILES string of the molecule is COc1cccc(C(O)c2cccnc2)c1OC. The van der Waals surface area contributed by atoms with E-state index < -0.39 is 6.10 Å². The smallest absolute Gasteiger partial charge is 0.166 e. The summed E-state index contributed by atoms with van der Waals surface area (Å²) < 4.78 is 10.5. The molecule has 2 aromatic rings. The fraction of sp³-hybridized carbons (Fsp3) is 0.214. The molecule has 1 unspecified atom stereocenters. The quantitative estimate of drug-likeness (QED) is 0.897. The largest absolute Gasteiger partial charge is 0.493 e. The molecule has 4 heteroatoms. The third-order valence-corrected chi connectivity index (χ3v) is 2.73. The number of hydrogen-bond acceptors (Lipinski definition) is 4. The van der Waals surface area contributed by atoms with Gasteiger partial charge < -0.3 is 14.6 Å². The van der Waals surface area contributed by atoms with E-state index >= 15 is 0 Å². The van der Waals surface area contributed by atoms with Crippen LogP contribution in [0.25, 0.3) is 0 Å². The third kappa shape index (κ3) is 2.28. The summed E-state index contributed by atoms with van der Waals surface area (Å²) in [4.78, 5) is 4.00. The number of methoxy groups -OCH3 is 2. The lowest BCUT2D eigenvalue weighted by Crippen LogP contribution is -2.04. The topological polar surface area (TPSA) is 51.6 Å². The van der Waals surface area contributed by atoms with Crippen molar-refractivity contribution in [1.82, 2.24) is 4.98 Å². The molecular weight excluding hydrogens is 230 g/mol. The molecule has 18 heavy (non-hydrogen) atoms. The fourth-order valence-corrected chi connectivity index (χ4v) is 1.84. The van der Waals surface area contributed by atoms with Crippen LogP contribution in [0.4, 0.5) is 0 Å². The number of hydrogen-bond donors (Lipinski definition) is 1. The first-order valence-electron chi connectivity index (χ1n) is 5.56. The summed E-state index contributed by atoms with van der Waals surface area (Å²) >= 11 is 0. The van der Waals surface area contributed by atoms with Gasteiger partial charge in [-0.15, -0.1) is 0 Å². The maximum absolute atomic E-state index is 10.3. The van der Waals surface area contributed by atoms with Gasteiger partial charge in [0.05, 0.1) is 14.2 Å². The van der Waals surface area contributed by atoms with Crippen molar-refractivity contribution >= 4 is 0 Å². The van der Waals surface area contributed by atoms with E-state index in [0.717, 1.165) is 0 Å². The molecule has 4 nitrogen and oxygen atoms in total. The van der Waals surface area contributed by atoms with Crippen molar-refractivity contribution in [2.24, 2.45) is 0 Å². The highest BCUT2D eigenvalue weighted by atomic mass is 16.5. The van der Waals surface area contributed by atoms with Crippen molar-refractivity contribution < 1.29 is 14.6 Å². The van der Waals surface area contributed by atoms with Crippen LogP contribution in [0.2, 0.25) is 0 Å². The lowest BCUT2D eigenvalue weighted by atomic mass is 10.0. The van der Waals surface area contributed by atoms with Crippen LogP contribution in [-0.4, -0.2) is 24.3 Å². The van der Waals surface area contributed by atoms with Crippen LogP contribution in [0, 0.1) is 0 Å². The van der Waals surface area contributed by atoms with Gasteiger partial charge in [0.25, 0.3) is 0 Å². The Morgan fingerprint density at radius 3 is 2.56 bits per heavy atom. The zero-order chi connectivity index (χ0) is 13.0. The van der Waals surface area contributed by atoms with Crippen molar-refractivity contribution in [2.45, 2.75) is 6.10 Å². The van der Waals surface area contributed by atoms with Crippen LogP contribution in [0.15, 0.2) is 42.7 Å². The molecule has 0 aliphatic rings. The molecule has 0 aliphatic carbocycles. The maximum Gasteiger partial charge on any atom is 0.166 e. The van der Waals surface area contributed by atoms with Gasteiger partial charge in [-0.25, -0.2) is 0 Å². The number of rotatable bonds is 4. The van der Waals surface area contributed by atoms with Crippen LogP contribution in [0.5, 0.6) is 11.5 Å². The van der Waals surface area contributed by atoms with E-state index in [1.165, 1.54) is 0 Å². The van der Waals surface area contributed by atoms with Crippen molar-refractivity contribution in [3.8, 4) is 11.5 Å². The number of benzene rings is 1. The van der Waals surface area contributed by atoms with Gasteiger partial charge in [-0.3, -0.25) is 4.98 Å². The second-order valence-electron chi connectivity index (χ2n) is 3.77. The van der Waals surface area contributed by atoms with Crippen molar-refractivity contribution in [3.05, 3.63) is 53.9 Å². The highest BCUT2D eigenvalue weighted by Gasteiger charge is 2.18. The minimum atomic E-state index is -0.788. The highest BCUT2D eigenvalue weighted by Crippen LogP contribution is 2.36. The first-order valence-corrected chi connectivity index (χ1v) is 5.56. The van der Waals surface area contributed by atoms with Gasteiger partial charge in [0.15, 0.2) is 11.5 Å². The summed E-state index contributed by atoms with van der Waals surface area (Å²) in [6.07, 6.45) is 2.51. The lowest BCUT2D eigenvalue weighted by molar-refractivity contribution is 0.212. The maximum atomic E-state index is 10.3. The lowest BCUT2D eigenvalue weighted by Gasteiger charge is -2.17. The molecule has 1 aromatic heterocycles. The van der Waals surface area contributed by atoms with E-state index in [-0.39, 0.29) is 0 Å². The Morgan fingerprint density at radius 2 is 1.94 bits per heavy atom. The highest BCUT2D eigenvalue weighted by molar-refractivity contribution is 5.49. The molecule has 0 saturated heterocycles. The summed E-state index contributed by atoms with van der Waals surface area (Å²) in [5.74, 6) is 1.13. The average molecular weight is 245 g/mol. The van der Waals surface area contributed by atoms with E-state index in [0.29, 0.717) is 22.6 Å². The zero-order valence-electron chi connectivity index (χ0n) is 10.3. The molecule has 94 valence electrons. The Hall–Kier alpha value is -2.07. The molecule has 0 aliphatic heterocycles. The molecule has 0 saturated carbocycles. The minimum Gasteiger partial charge on any atom is -0.493 e. The summed E-state index contributed by atoms with van der Waals surface area (Å²) in [5.41, 5.74) is 1.37. The van der Waals surface area contributed by atoms with E-state index in [2.05, 4.69) is 4.98 Å². The van der Waals surface area contributed by atoms with Gasteiger partial charge in [0.2, 0.25) is 0 Å². The van der Waals surface area contributed by atoms with E-state index in [4.69, 9.17) is 9.47 Å². The molecular formula is C14H15NO3. The fourth-order valence-electron chi connectivity index (χ4n) is 1.84. The molecule has 1 N–H and O–H groups in total. The number of aromatic nitrogens is 1. The molecule has 0 bridgehead atoms. The van der Waals surface area contributed by atoms with Crippen LogP contribution in [0.3, 0.4) is 0 Å². The van der Waals surface area contributed by atoms with Gasteiger partial charge >= 0.3 is 0 Å². The number of ether oxygens (including phenoxy) is 2. The summed E-state index contributed by atoms with van der Waals surface area (Å²) in [7, 11) is 3.12. The summed E-state index contributed by atoms with van der Waals surface area (Å²) in [6.45, 7) is 0. The van der Waals surface area contributed by atoms with Crippen LogP contribution in [-0.2, 0) is 0 Å². The summed E-state index contributed by atoms with van der Waals surface area (Å²) in [6, 6.07) is 9.01. The molecule has 1 heterocycles. The molecule has 0 spiro atoms. The van der Waals surface area contributed by atoms with Crippen molar-refractivity contribution in [3.63, 3.8) is 0 Å². The molecule has 0 radical (unpaired) electrons. The first kappa shape index (κ1) is 12.4. The predicted octanol–water partition coefficient (Wildman–Crippen LogP) is 2.18. The Bertz CT molecular complexity index is 514. The predicted molar refractivity (Wildman–Crippen MR) is 67.8 cm³/mol. The van der Waals surface area contributed by atoms with Gasteiger partial charge in [-0.05, 0) is 12.1 Å². The number of nitrogens with zero attached hydrogens (tertiary/aromatic N) is 1. The van der Waals surface area contributed by atoms with E-state index in [9.17, 15) is 5.11 Å². The molecule has 2 rings (SSSR count). The second-order valence-corrected chi connectivity index (χ2v) is 3.77. The average Bonchev–Trinajstić information content (AvgIpc) is 2.46. The van der Waals surface area contributed by atoms with Gasteiger partial charge in [0.1, 0.15) is 6.10 Å². The van der Waals surface area contributed by atoms with Gasteiger partial charge in [-0.1, -0.05) is 18.2 Å². The standard InChI is InChI=1S/C14H15NO3/c1-17-12-7-3-6-11(14(12)18-2)13(16)10-5-4-8-15-9-10/h3-9,13,16H,1-2H3. The van der Waals surface area contributed by atoms with E-state index in [1.807, 2.05) is 12.1 Å². The number of aliphatic hydroxyl groups excluding tert-OH is 1. The molecule has 0 amide bonds. The Balaban J connectivity index is 2.45. The van der Waals surface area contributed by atoms with E-state index in [1.54, 1.807) is 44.8 Å². The zero-order valence-corrected chi connectivity index (χ0v) is 10.3. The second kappa shape index (κ2) is 5.51. The number of para-hydroxylation sites is 1. The van der Waals surface area contributed by atoms with Crippen molar-refractivity contribution in [1.29, 1.82) is 0 Å². The van der Waals surface area contributed by atoms with Gasteiger partial charge in [0, 0.05) is 23.5 Å². The Kier molecular flexibility index (Phi) is 3.79. The summed E-state index contributed by atoms with van der Waals surface area (Å²) in [5, 5.41) is 10.3. The number of pyridine rings is 1. The number of aliphatic hydroxyl groups is 1. The monoisotopic (exact) mass is 245 g/mol. The van der Waals surface area contributed by atoms with Crippen LogP contribution >= 0.6 is 0 Å². The third-order valence-electron chi connectivity index (χ3n) is 2.73. The van der Waals surface area contributed by atoms with Crippen LogP contribution < -0.4 is 9.47 Å². The minimum absolute atomic E-state index is 0.538. The normalized spacial score (nSPS) is 11.9. The van der Waals surface area contributed by atoms with Gasteiger partial charge in [-0.2, -0.15) is 0 Å². The van der Waals surface area contributed by atoms with Crippen LogP contribution in [0.1, 0.15) is 17.2 Å². The first-order chi connectivity index (χ1) is 8.77. The van der Waals surface area contributed by atoms with Crippen molar-refractivity contribution in [2.75, 3.05) is 14.2 Å². The molecule has 1 aromatic carbocycles. The Morgan fingerprint density at radius 1 is 1.11 bits per heavy atom. The Labute approximate surface area is 106 Å².